The maximum atomic E-state index is 2.49. The van der Waals surface area contributed by atoms with Crippen LogP contribution in [-0.4, -0.2) is 13.1 Å². The Hall–Kier alpha value is -2.09. The smallest absolute Gasteiger partial charge is 0.172 e. The van der Waals surface area contributed by atoms with E-state index in [1.54, 1.807) is 0 Å². The number of aryl methyl sites for hydroxylation is 2. The van der Waals surface area contributed by atoms with Gasteiger partial charge in [0, 0.05) is 36.8 Å². The average Bonchev–Trinajstić information content (AvgIpc) is 3.33. The van der Waals surface area contributed by atoms with Crippen LogP contribution in [0.2, 0.25) is 0 Å². The van der Waals surface area contributed by atoms with E-state index in [0.717, 1.165) is 6.54 Å². The van der Waals surface area contributed by atoms with Gasteiger partial charge in [0.15, 0.2) is 12.4 Å². The minimum absolute atomic E-state index is 1.14. The van der Waals surface area contributed by atoms with Crippen molar-refractivity contribution in [3.05, 3.63) is 59.4 Å². The Morgan fingerprint density at radius 3 is 2.10 bits per heavy atom. The lowest BCUT2D eigenvalue weighted by Crippen LogP contribution is -2.33. The summed E-state index contributed by atoms with van der Waals surface area (Å²) in [6, 6.07) is 11.3. The number of benzene rings is 1. The van der Waals surface area contributed by atoms with Crippen molar-refractivity contribution in [1.82, 2.24) is 0 Å². The minimum atomic E-state index is 1.14. The summed E-state index contributed by atoms with van der Waals surface area (Å²) in [5.74, 6) is 0. The molecule has 1 saturated heterocycles. The molecule has 1 fully saturated rings. The Morgan fingerprint density at radius 1 is 0.806 bits per heavy atom. The summed E-state index contributed by atoms with van der Waals surface area (Å²) in [6.45, 7) is 8.06. The van der Waals surface area contributed by atoms with Gasteiger partial charge >= 0.3 is 0 Å². The predicted molar refractivity (Wildman–Crippen MR) is 135 cm³/mol. The number of hydrogen-bond donors (Lipinski definition) is 0. The number of hydrogen-bond acceptors (Lipinski definition) is 1. The second-order valence-electron chi connectivity index (χ2n) is 9.27. The summed E-state index contributed by atoms with van der Waals surface area (Å²) in [4.78, 5) is 2.49. The van der Waals surface area contributed by atoms with Crippen LogP contribution in [0.5, 0.6) is 0 Å². The fraction of sp³-hybridized carbons (Fsp3) is 0.552. The van der Waals surface area contributed by atoms with Crippen LogP contribution in [0.3, 0.4) is 0 Å². The van der Waals surface area contributed by atoms with E-state index >= 15 is 0 Å². The lowest BCUT2D eigenvalue weighted by molar-refractivity contribution is -0.697. The highest BCUT2D eigenvalue weighted by molar-refractivity contribution is 5.71. The summed E-state index contributed by atoms with van der Waals surface area (Å²) < 4.78 is 2.36. The molecule has 0 radical (unpaired) electrons. The molecule has 1 aromatic carbocycles. The van der Waals surface area contributed by atoms with Crippen LogP contribution in [0.4, 0.5) is 5.69 Å². The predicted octanol–water partition coefficient (Wildman–Crippen LogP) is 7.58. The van der Waals surface area contributed by atoms with E-state index in [-0.39, 0.29) is 0 Å². The van der Waals surface area contributed by atoms with Gasteiger partial charge in [-0.1, -0.05) is 76.2 Å². The van der Waals surface area contributed by atoms with Gasteiger partial charge in [-0.15, -0.1) is 0 Å². The van der Waals surface area contributed by atoms with Gasteiger partial charge in [-0.2, -0.15) is 0 Å². The van der Waals surface area contributed by atoms with Crippen molar-refractivity contribution in [2.45, 2.75) is 91.0 Å². The van der Waals surface area contributed by atoms with Crippen molar-refractivity contribution in [3.8, 4) is 0 Å². The topological polar surface area (TPSA) is 7.12 Å². The maximum Gasteiger partial charge on any atom is 0.172 e. The molecule has 0 atom stereocenters. The molecule has 0 aliphatic carbocycles. The molecule has 168 valence electrons. The fourth-order valence-electron chi connectivity index (χ4n) is 4.56. The molecule has 0 spiro atoms. The van der Waals surface area contributed by atoms with Crippen molar-refractivity contribution < 1.29 is 4.57 Å². The zero-order valence-corrected chi connectivity index (χ0v) is 20.0. The van der Waals surface area contributed by atoms with E-state index in [2.05, 4.69) is 78.2 Å². The SMILES string of the molecule is CCCCCCCCCCC[n+]1ccc(/C=C/c2ccc(N3CCCC3)cc2)c(C)c1. The van der Waals surface area contributed by atoms with Gasteiger partial charge < -0.3 is 4.90 Å². The van der Waals surface area contributed by atoms with Gasteiger partial charge in [0.25, 0.3) is 0 Å². The normalized spacial score (nSPS) is 14.1. The zero-order chi connectivity index (χ0) is 21.7. The third-order valence-corrected chi connectivity index (χ3v) is 6.60. The van der Waals surface area contributed by atoms with Crippen molar-refractivity contribution in [2.75, 3.05) is 18.0 Å². The van der Waals surface area contributed by atoms with E-state index in [0.29, 0.717) is 0 Å². The number of pyridine rings is 1. The van der Waals surface area contributed by atoms with E-state index in [4.69, 9.17) is 0 Å². The molecule has 1 aliphatic rings. The van der Waals surface area contributed by atoms with Gasteiger partial charge in [0.2, 0.25) is 0 Å². The Bertz CT molecular complexity index is 785. The fourth-order valence-corrected chi connectivity index (χ4v) is 4.56. The summed E-state index contributed by atoms with van der Waals surface area (Å²) >= 11 is 0. The molecule has 0 unspecified atom stereocenters. The van der Waals surface area contributed by atoms with Crippen LogP contribution in [0.25, 0.3) is 12.2 Å². The Kier molecular flexibility index (Phi) is 10.2. The molecule has 2 heteroatoms. The number of anilines is 1. The third kappa shape index (κ3) is 8.16. The first-order valence-electron chi connectivity index (χ1n) is 12.8. The quantitative estimate of drug-likeness (QED) is 0.240. The summed E-state index contributed by atoms with van der Waals surface area (Å²) in [5.41, 5.74) is 5.30. The molecular formula is C29H43N2+. The van der Waals surface area contributed by atoms with E-state index < -0.39 is 0 Å². The van der Waals surface area contributed by atoms with Gasteiger partial charge in [0.1, 0.15) is 6.54 Å². The van der Waals surface area contributed by atoms with E-state index in [1.165, 1.54) is 106 Å². The summed E-state index contributed by atoms with van der Waals surface area (Å²) in [6.07, 6.45) is 24.2. The summed E-state index contributed by atoms with van der Waals surface area (Å²) in [5, 5.41) is 0. The Labute approximate surface area is 191 Å². The standard InChI is InChI=1S/C29H43N2/c1-3-4-5-6-7-8-9-10-11-21-30-24-20-28(26(2)25-30)17-14-27-15-18-29(19-16-27)31-22-12-13-23-31/h14-20,24-25H,3-13,21-23H2,1-2H3/q+1. The van der Waals surface area contributed by atoms with Gasteiger partial charge in [0.05, 0.1) is 0 Å². The number of aromatic nitrogens is 1. The van der Waals surface area contributed by atoms with Gasteiger partial charge in [-0.3, -0.25) is 0 Å². The maximum absolute atomic E-state index is 2.49. The van der Waals surface area contributed by atoms with Crippen molar-refractivity contribution >= 4 is 17.8 Å². The third-order valence-electron chi connectivity index (χ3n) is 6.60. The highest BCUT2D eigenvalue weighted by Gasteiger charge is 2.11. The molecule has 1 aliphatic heterocycles. The Balaban J connectivity index is 1.39. The number of rotatable bonds is 13. The largest absolute Gasteiger partial charge is 0.372 e. The highest BCUT2D eigenvalue weighted by Crippen LogP contribution is 2.21. The number of unbranched alkanes of at least 4 members (excludes halogenated alkanes) is 8. The molecule has 1 aromatic heterocycles. The molecular weight excluding hydrogens is 376 g/mol. The van der Waals surface area contributed by atoms with Crippen LogP contribution >= 0.6 is 0 Å². The van der Waals surface area contributed by atoms with Crippen molar-refractivity contribution in [3.63, 3.8) is 0 Å². The van der Waals surface area contributed by atoms with Crippen molar-refractivity contribution in [1.29, 1.82) is 0 Å². The molecule has 0 bridgehead atoms. The van der Waals surface area contributed by atoms with Crippen LogP contribution in [0.15, 0.2) is 42.7 Å². The first kappa shape index (κ1) is 23.6. The van der Waals surface area contributed by atoms with Crippen molar-refractivity contribution in [2.24, 2.45) is 0 Å². The molecule has 2 heterocycles. The highest BCUT2D eigenvalue weighted by atomic mass is 15.1. The molecule has 31 heavy (non-hydrogen) atoms. The lowest BCUT2D eigenvalue weighted by atomic mass is 10.1. The van der Waals surface area contributed by atoms with Crippen LogP contribution < -0.4 is 9.47 Å². The second kappa shape index (κ2) is 13.3. The van der Waals surface area contributed by atoms with Crippen LogP contribution in [0.1, 0.15) is 94.2 Å². The van der Waals surface area contributed by atoms with Crippen LogP contribution in [-0.2, 0) is 6.54 Å². The average molecular weight is 420 g/mol. The van der Waals surface area contributed by atoms with Gasteiger partial charge in [-0.05, 0) is 49.4 Å². The zero-order valence-electron chi connectivity index (χ0n) is 20.0. The van der Waals surface area contributed by atoms with Gasteiger partial charge in [-0.25, -0.2) is 4.57 Å². The molecule has 2 nitrogen and oxygen atoms in total. The lowest BCUT2D eigenvalue weighted by Gasteiger charge is -2.17. The Morgan fingerprint density at radius 2 is 1.45 bits per heavy atom. The molecule has 0 amide bonds. The van der Waals surface area contributed by atoms with E-state index in [9.17, 15) is 0 Å². The monoisotopic (exact) mass is 419 g/mol. The first-order valence-corrected chi connectivity index (χ1v) is 12.8. The molecule has 0 N–H and O–H groups in total. The van der Waals surface area contributed by atoms with Crippen LogP contribution in [0, 0.1) is 6.92 Å². The van der Waals surface area contributed by atoms with E-state index in [1.807, 2.05) is 0 Å². The first-order chi connectivity index (χ1) is 15.3. The minimum Gasteiger partial charge on any atom is -0.372 e. The molecule has 0 saturated carbocycles. The summed E-state index contributed by atoms with van der Waals surface area (Å²) in [7, 11) is 0. The molecule has 2 aromatic rings. The molecule has 3 rings (SSSR count). The number of nitrogens with zero attached hydrogens (tertiary/aromatic N) is 2. The second-order valence-corrected chi connectivity index (χ2v) is 9.27.